The van der Waals surface area contributed by atoms with Gasteiger partial charge in [-0.25, -0.2) is 29.9 Å². The van der Waals surface area contributed by atoms with Crippen molar-refractivity contribution >= 4 is 92.3 Å². The van der Waals surface area contributed by atoms with Gasteiger partial charge in [-0.1, -0.05) is 24.8 Å². The van der Waals surface area contributed by atoms with Crippen molar-refractivity contribution in [1.82, 2.24) is 29.9 Å². The summed E-state index contributed by atoms with van der Waals surface area (Å²) in [5, 5.41) is 15.9. The largest absolute Gasteiger partial charge is 0.399 e. The number of aromatic nitrogens is 6. The van der Waals surface area contributed by atoms with E-state index in [9.17, 15) is 4.79 Å². The van der Waals surface area contributed by atoms with E-state index in [1.165, 1.54) is 6.08 Å². The van der Waals surface area contributed by atoms with Crippen molar-refractivity contribution in [3.8, 4) is 0 Å². The number of hydrogen-bond acceptors (Lipinski definition) is 12. The maximum Gasteiger partial charge on any atom is 0.247 e. The lowest BCUT2D eigenvalue weighted by molar-refractivity contribution is -0.111. The standard InChI is InChI=1S/C14H13ClN4O.C12H13ClN4.C11H11ClN4/c1-3-12(20)17-10-5-4-6-11(7-10)18-13-9(2)8-16-14(15)19-13;1-8-7-15-12(13)17-11(8)16-10-5-3-4-9(6-10)14-2;1-7-6-14-11(12)16-10(7)15-9-4-2-3-8(13)5-9/h3-8H,1H2,2H3,(H,17,20)(H,16,18,19);3-7,14H,1-2H3,(H,15,16,17);2-6H,13H2,1H3,(H,14,15,16). The Morgan fingerprint density at radius 3 is 1.42 bits per heavy atom. The third-order valence-electron chi connectivity index (χ3n) is 6.97. The van der Waals surface area contributed by atoms with E-state index in [4.69, 9.17) is 40.5 Å². The number of aryl methyl sites for hydroxylation is 3. The van der Waals surface area contributed by atoms with Crippen molar-refractivity contribution in [3.05, 3.63) is 137 Å². The second kappa shape index (κ2) is 19.6. The predicted octanol–water partition coefficient (Wildman–Crippen LogP) is 9.29. The monoisotopic (exact) mass is 770 g/mol. The number of carbonyl (C=O) groups excluding carboxylic acids is 1. The summed E-state index contributed by atoms with van der Waals surface area (Å²) in [7, 11) is 1.88. The topological polar surface area (TPSA) is 181 Å². The minimum absolute atomic E-state index is 0.175. The highest BCUT2D eigenvalue weighted by atomic mass is 35.5. The zero-order chi connectivity index (χ0) is 38.3. The molecule has 13 nitrogen and oxygen atoms in total. The summed E-state index contributed by atoms with van der Waals surface area (Å²) in [5.41, 5.74) is 13.4. The van der Waals surface area contributed by atoms with Crippen molar-refractivity contribution in [3.63, 3.8) is 0 Å². The second-order valence-corrected chi connectivity index (χ2v) is 12.1. The second-order valence-electron chi connectivity index (χ2n) is 11.1. The normalized spacial score (nSPS) is 10.0. The zero-order valence-corrected chi connectivity index (χ0v) is 31.5. The molecule has 6 aromatic rings. The van der Waals surface area contributed by atoms with E-state index in [0.717, 1.165) is 45.3 Å². The van der Waals surface area contributed by atoms with E-state index in [0.29, 0.717) is 23.0 Å². The summed E-state index contributed by atoms with van der Waals surface area (Å²) >= 11 is 17.3. The Morgan fingerprint density at radius 1 is 0.623 bits per heavy atom. The Kier molecular flexibility index (Phi) is 14.7. The number of amides is 1. The molecule has 0 saturated carbocycles. The lowest BCUT2D eigenvalue weighted by Crippen LogP contribution is -2.07. The van der Waals surface area contributed by atoms with Crippen molar-refractivity contribution in [2.75, 3.05) is 39.4 Å². The van der Waals surface area contributed by atoms with Gasteiger partial charge < -0.3 is 32.3 Å². The quantitative estimate of drug-likeness (QED) is 0.0467. The average molecular weight is 772 g/mol. The first kappa shape index (κ1) is 39.8. The molecule has 1 amide bonds. The molecule has 16 heteroatoms. The molecular formula is C37H37Cl3N12O. The first-order valence-electron chi connectivity index (χ1n) is 15.9. The van der Waals surface area contributed by atoms with E-state index < -0.39 is 0 Å². The summed E-state index contributed by atoms with van der Waals surface area (Å²) in [6.07, 6.45) is 6.22. The fraction of sp³-hybridized carbons (Fsp3) is 0.108. The van der Waals surface area contributed by atoms with Gasteiger partial charge in [-0.2, -0.15) is 0 Å². The van der Waals surface area contributed by atoms with E-state index in [2.05, 4.69) is 63.1 Å². The Bertz CT molecular complexity index is 2180. The van der Waals surface area contributed by atoms with E-state index >= 15 is 0 Å². The Morgan fingerprint density at radius 2 is 1.00 bits per heavy atom. The SMILES string of the molecule is C=CC(=O)Nc1cccc(Nc2nc(Cl)ncc2C)c1.CNc1cccc(Nc2nc(Cl)ncc2C)c1.Cc1cnc(Cl)nc1Nc1cccc(N)c1. The molecule has 0 spiro atoms. The molecular weight excluding hydrogens is 735 g/mol. The molecule has 0 fully saturated rings. The number of hydrogen-bond donors (Lipinski definition) is 6. The van der Waals surface area contributed by atoms with Gasteiger partial charge in [0.1, 0.15) is 17.5 Å². The van der Waals surface area contributed by atoms with Gasteiger partial charge in [0.25, 0.3) is 0 Å². The number of nitrogens with one attached hydrogen (secondary N) is 5. The molecule has 6 rings (SSSR count). The third-order valence-corrected chi connectivity index (χ3v) is 7.51. The van der Waals surface area contributed by atoms with E-state index in [-0.39, 0.29) is 21.8 Å². The first-order chi connectivity index (χ1) is 25.4. The minimum atomic E-state index is -0.261. The number of benzene rings is 3. The van der Waals surface area contributed by atoms with Gasteiger partial charge in [-0.15, -0.1) is 0 Å². The molecule has 0 unspecified atom stereocenters. The van der Waals surface area contributed by atoms with Crippen LogP contribution in [0.3, 0.4) is 0 Å². The lowest BCUT2D eigenvalue weighted by atomic mass is 10.2. The number of nitrogens with two attached hydrogens (primary N) is 1. The molecule has 0 aliphatic rings. The molecule has 53 heavy (non-hydrogen) atoms. The highest BCUT2D eigenvalue weighted by Crippen LogP contribution is 2.24. The Hall–Kier alpha value is -6.02. The van der Waals surface area contributed by atoms with Crippen LogP contribution in [0.5, 0.6) is 0 Å². The van der Waals surface area contributed by atoms with E-state index in [1.807, 2.05) is 88.5 Å². The number of nitrogens with zero attached hydrogens (tertiary/aromatic N) is 6. The summed E-state index contributed by atoms with van der Waals surface area (Å²) in [4.78, 5) is 35.3. The third kappa shape index (κ3) is 12.9. The highest BCUT2D eigenvalue weighted by molar-refractivity contribution is 6.28. The van der Waals surface area contributed by atoms with Crippen molar-refractivity contribution in [1.29, 1.82) is 0 Å². The molecule has 3 heterocycles. The lowest BCUT2D eigenvalue weighted by Gasteiger charge is -2.10. The molecule has 3 aromatic heterocycles. The molecule has 0 radical (unpaired) electrons. The molecule has 7 N–H and O–H groups in total. The van der Waals surface area contributed by atoms with Gasteiger partial charge in [-0.05, 0) is 116 Å². The predicted molar refractivity (Wildman–Crippen MR) is 217 cm³/mol. The molecule has 0 aliphatic heterocycles. The number of carbonyl (C=O) groups is 1. The van der Waals surface area contributed by atoms with Crippen LogP contribution >= 0.6 is 34.8 Å². The van der Waals surface area contributed by atoms with Crippen LogP contribution in [0, 0.1) is 20.8 Å². The van der Waals surface area contributed by atoms with Gasteiger partial charge in [0.05, 0.1) is 0 Å². The summed E-state index contributed by atoms with van der Waals surface area (Å²) < 4.78 is 0. The fourth-order valence-corrected chi connectivity index (χ4v) is 4.69. The summed E-state index contributed by atoms with van der Waals surface area (Å²) in [5.74, 6) is 1.77. The first-order valence-corrected chi connectivity index (χ1v) is 17.0. The fourth-order valence-electron chi connectivity index (χ4n) is 4.29. The van der Waals surface area contributed by atoms with Crippen LogP contribution in [-0.4, -0.2) is 42.9 Å². The summed E-state index contributed by atoms with van der Waals surface area (Å²) in [6, 6.07) is 22.6. The van der Waals surface area contributed by atoms with Crippen LogP contribution in [-0.2, 0) is 4.79 Å². The van der Waals surface area contributed by atoms with Crippen LogP contribution in [0.15, 0.2) is 104 Å². The van der Waals surface area contributed by atoms with Gasteiger partial charge in [0.15, 0.2) is 0 Å². The number of rotatable bonds is 9. The Balaban J connectivity index is 0.000000179. The number of halogens is 3. The van der Waals surface area contributed by atoms with Gasteiger partial charge in [0, 0.05) is 76.5 Å². The maximum absolute atomic E-state index is 11.3. The minimum Gasteiger partial charge on any atom is -0.399 e. The molecule has 0 saturated heterocycles. The molecule has 0 bridgehead atoms. The zero-order valence-electron chi connectivity index (χ0n) is 29.2. The van der Waals surface area contributed by atoms with E-state index in [1.54, 1.807) is 30.7 Å². The van der Waals surface area contributed by atoms with Crippen LogP contribution in [0.1, 0.15) is 16.7 Å². The van der Waals surface area contributed by atoms with Crippen LogP contribution in [0.2, 0.25) is 15.9 Å². The smallest absolute Gasteiger partial charge is 0.247 e. The highest BCUT2D eigenvalue weighted by Gasteiger charge is 2.06. The molecule has 272 valence electrons. The molecule has 0 atom stereocenters. The van der Waals surface area contributed by atoms with Gasteiger partial charge in [-0.3, -0.25) is 4.79 Å². The maximum atomic E-state index is 11.3. The van der Waals surface area contributed by atoms with Crippen LogP contribution in [0.4, 0.5) is 51.6 Å². The average Bonchev–Trinajstić information content (AvgIpc) is 3.14. The molecule has 3 aromatic carbocycles. The number of anilines is 9. The molecule has 0 aliphatic carbocycles. The van der Waals surface area contributed by atoms with Crippen LogP contribution in [0.25, 0.3) is 0 Å². The van der Waals surface area contributed by atoms with Crippen molar-refractivity contribution < 1.29 is 4.79 Å². The summed E-state index contributed by atoms with van der Waals surface area (Å²) in [6.45, 7) is 9.12. The van der Waals surface area contributed by atoms with Gasteiger partial charge >= 0.3 is 0 Å². The number of nitrogen functional groups attached to an aromatic ring is 1. The van der Waals surface area contributed by atoms with Crippen LogP contribution < -0.4 is 32.3 Å². The van der Waals surface area contributed by atoms with Gasteiger partial charge in [0.2, 0.25) is 21.8 Å². The van der Waals surface area contributed by atoms with Crippen molar-refractivity contribution in [2.24, 2.45) is 0 Å². The van der Waals surface area contributed by atoms with Crippen molar-refractivity contribution in [2.45, 2.75) is 20.8 Å². The Labute approximate surface area is 322 Å².